The molecule has 0 amide bonds. The van der Waals surface area contributed by atoms with Crippen LogP contribution in [0.5, 0.6) is 0 Å². The van der Waals surface area contributed by atoms with Crippen molar-refractivity contribution in [2.45, 2.75) is 85.0 Å². The van der Waals surface area contributed by atoms with Crippen molar-refractivity contribution in [1.82, 2.24) is 10.2 Å². The number of nitrogens with zero attached hydrogens (tertiary/aromatic N) is 1. The lowest BCUT2D eigenvalue weighted by Gasteiger charge is -2.25. The Labute approximate surface area is 186 Å². The van der Waals surface area contributed by atoms with Gasteiger partial charge in [0.2, 0.25) is 0 Å². The lowest BCUT2D eigenvalue weighted by molar-refractivity contribution is 0.296. The van der Waals surface area contributed by atoms with Gasteiger partial charge >= 0.3 is 0 Å². The first kappa shape index (κ1) is 24.7. The zero-order valence-corrected chi connectivity index (χ0v) is 20.0. The van der Waals surface area contributed by atoms with E-state index in [0.29, 0.717) is 5.92 Å². The molecule has 1 unspecified atom stereocenters. The van der Waals surface area contributed by atoms with E-state index in [4.69, 9.17) is 0 Å². The van der Waals surface area contributed by atoms with E-state index < -0.39 is 0 Å². The van der Waals surface area contributed by atoms with Crippen LogP contribution in [0.1, 0.15) is 89.7 Å². The Bertz CT molecular complexity index is 625. The molecular formula is C28H46N2. The van der Waals surface area contributed by atoms with Gasteiger partial charge in [0.1, 0.15) is 0 Å². The summed E-state index contributed by atoms with van der Waals surface area (Å²) < 4.78 is 0. The number of hydrogen-bond donors (Lipinski definition) is 1. The molecule has 1 N–H and O–H groups in total. The molecule has 2 rings (SSSR count). The summed E-state index contributed by atoms with van der Waals surface area (Å²) >= 11 is 0. The average Bonchev–Trinajstić information content (AvgIpc) is 2.79. The fourth-order valence-electron chi connectivity index (χ4n) is 4.45. The van der Waals surface area contributed by atoms with Crippen molar-refractivity contribution in [3.63, 3.8) is 0 Å². The standard InChI is InChI=1S/C28H46N2/c1-5-8-11-22-29-24(4)26-18-20-28(21-19-26)27-16-14-25(15-17-27)13-10-9-12-23-30(6-2)7-3/h14-17,20,26,29H,4-13,18-19,21-23H2,1-3H3. The first-order chi connectivity index (χ1) is 14.7. The third kappa shape index (κ3) is 8.68. The lowest BCUT2D eigenvalue weighted by atomic mass is 9.85. The maximum absolute atomic E-state index is 4.30. The normalized spacial score (nSPS) is 16.5. The summed E-state index contributed by atoms with van der Waals surface area (Å²) in [6.45, 7) is 15.8. The molecule has 1 aliphatic rings. The second kappa shape index (κ2) is 14.5. The Hall–Kier alpha value is -1.54. The van der Waals surface area contributed by atoms with Gasteiger partial charge in [-0.1, -0.05) is 77.0 Å². The lowest BCUT2D eigenvalue weighted by Crippen LogP contribution is -2.23. The highest BCUT2D eigenvalue weighted by Gasteiger charge is 2.17. The molecule has 30 heavy (non-hydrogen) atoms. The van der Waals surface area contributed by atoms with Gasteiger partial charge in [0.15, 0.2) is 0 Å². The molecular weight excluding hydrogens is 364 g/mol. The fourth-order valence-corrected chi connectivity index (χ4v) is 4.45. The highest BCUT2D eigenvalue weighted by atomic mass is 15.1. The van der Waals surface area contributed by atoms with Gasteiger partial charge < -0.3 is 10.2 Å². The summed E-state index contributed by atoms with van der Waals surface area (Å²) in [6.07, 6.45) is 15.0. The number of unbranched alkanes of at least 4 members (excludes halogenated alkanes) is 4. The second-order valence-corrected chi connectivity index (χ2v) is 8.89. The van der Waals surface area contributed by atoms with E-state index in [-0.39, 0.29) is 0 Å². The SMILES string of the molecule is C=C(NCCCCC)C1CC=C(c2ccc(CCCCCN(CC)CC)cc2)CC1. The van der Waals surface area contributed by atoms with Gasteiger partial charge in [-0.2, -0.15) is 0 Å². The van der Waals surface area contributed by atoms with Crippen LogP contribution >= 0.6 is 0 Å². The van der Waals surface area contributed by atoms with E-state index in [2.05, 4.69) is 67.9 Å². The average molecular weight is 411 g/mol. The van der Waals surface area contributed by atoms with E-state index in [1.54, 1.807) is 0 Å². The maximum atomic E-state index is 4.30. The van der Waals surface area contributed by atoms with Crippen LogP contribution in [0.4, 0.5) is 0 Å². The van der Waals surface area contributed by atoms with E-state index >= 15 is 0 Å². The van der Waals surface area contributed by atoms with Crippen LogP contribution < -0.4 is 5.32 Å². The number of aryl methyl sites for hydroxylation is 1. The van der Waals surface area contributed by atoms with Gasteiger partial charge in [-0.05, 0) is 81.3 Å². The summed E-state index contributed by atoms with van der Waals surface area (Å²) in [5.74, 6) is 0.603. The Morgan fingerprint density at radius 3 is 2.40 bits per heavy atom. The summed E-state index contributed by atoms with van der Waals surface area (Å²) in [4.78, 5) is 2.52. The van der Waals surface area contributed by atoms with Crippen LogP contribution in [-0.2, 0) is 6.42 Å². The summed E-state index contributed by atoms with van der Waals surface area (Å²) in [6, 6.07) is 9.38. The first-order valence-electron chi connectivity index (χ1n) is 12.6. The van der Waals surface area contributed by atoms with Gasteiger partial charge in [-0.25, -0.2) is 0 Å². The van der Waals surface area contributed by atoms with Crippen molar-refractivity contribution < 1.29 is 0 Å². The Kier molecular flexibility index (Phi) is 11.9. The molecule has 2 nitrogen and oxygen atoms in total. The largest absolute Gasteiger partial charge is 0.389 e. The highest BCUT2D eigenvalue weighted by Crippen LogP contribution is 2.32. The second-order valence-electron chi connectivity index (χ2n) is 8.89. The van der Waals surface area contributed by atoms with Gasteiger partial charge in [-0.15, -0.1) is 0 Å². The molecule has 0 aliphatic heterocycles. The maximum Gasteiger partial charge on any atom is 0.0143 e. The number of rotatable bonds is 15. The van der Waals surface area contributed by atoms with Crippen LogP contribution in [0, 0.1) is 5.92 Å². The molecule has 0 saturated carbocycles. The van der Waals surface area contributed by atoms with Crippen molar-refractivity contribution in [1.29, 1.82) is 0 Å². The number of hydrogen-bond acceptors (Lipinski definition) is 2. The van der Waals surface area contributed by atoms with Crippen molar-refractivity contribution in [2.75, 3.05) is 26.2 Å². The van der Waals surface area contributed by atoms with Crippen LogP contribution in [0.15, 0.2) is 42.6 Å². The molecule has 168 valence electrons. The molecule has 0 fully saturated rings. The topological polar surface area (TPSA) is 15.3 Å². The minimum absolute atomic E-state index is 0.603. The Balaban J connectivity index is 1.71. The van der Waals surface area contributed by atoms with Crippen LogP contribution in [0.25, 0.3) is 5.57 Å². The Morgan fingerprint density at radius 2 is 1.77 bits per heavy atom. The smallest absolute Gasteiger partial charge is 0.0143 e. The van der Waals surface area contributed by atoms with Crippen molar-refractivity contribution in [3.8, 4) is 0 Å². The van der Waals surface area contributed by atoms with Crippen LogP contribution in [-0.4, -0.2) is 31.1 Å². The minimum atomic E-state index is 0.603. The summed E-state index contributed by atoms with van der Waals surface area (Å²) in [5, 5.41) is 3.56. The van der Waals surface area contributed by atoms with Crippen molar-refractivity contribution in [3.05, 3.63) is 53.7 Å². The predicted octanol–water partition coefficient (Wildman–Crippen LogP) is 7.22. The van der Waals surface area contributed by atoms with Gasteiger partial charge in [0, 0.05) is 18.2 Å². The zero-order chi connectivity index (χ0) is 21.6. The van der Waals surface area contributed by atoms with E-state index in [9.17, 15) is 0 Å². The first-order valence-corrected chi connectivity index (χ1v) is 12.6. The van der Waals surface area contributed by atoms with Gasteiger partial charge in [-0.3, -0.25) is 0 Å². The molecule has 0 bridgehead atoms. The van der Waals surface area contributed by atoms with Crippen molar-refractivity contribution in [2.24, 2.45) is 5.92 Å². The quantitative estimate of drug-likeness (QED) is 0.307. The zero-order valence-electron chi connectivity index (χ0n) is 20.0. The highest BCUT2D eigenvalue weighted by molar-refractivity contribution is 5.66. The molecule has 1 aromatic rings. The fraction of sp³-hybridized carbons (Fsp3) is 0.643. The van der Waals surface area contributed by atoms with Crippen LogP contribution in [0.3, 0.4) is 0 Å². The Morgan fingerprint density at radius 1 is 1.00 bits per heavy atom. The van der Waals surface area contributed by atoms with E-state index in [1.807, 2.05) is 0 Å². The van der Waals surface area contributed by atoms with Crippen LogP contribution in [0.2, 0.25) is 0 Å². The number of benzene rings is 1. The molecule has 0 spiro atoms. The monoisotopic (exact) mass is 410 g/mol. The minimum Gasteiger partial charge on any atom is -0.389 e. The molecule has 0 aromatic heterocycles. The molecule has 2 heteroatoms. The summed E-state index contributed by atoms with van der Waals surface area (Å²) in [7, 11) is 0. The van der Waals surface area contributed by atoms with E-state index in [1.165, 1.54) is 99.8 Å². The van der Waals surface area contributed by atoms with E-state index in [0.717, 1.165) is 13.0 Å². The molecule has 1 aliphatic carbocycles. The molecule has 0 radical (unpaired) electrons. The number of allylic oxidation sites excluding steroid dienone is 3. The third-order valence-electron chi connectivity index (χ3n) is 6.70. The molecule has 0 saturated heterocycles. The third-order valence-corrected chi connectivity index (χ3v) is 6.70. The molecule has 1 atom stereocenters. The summed E-state index contributed by atoms with van der Waals surface area (Å²) in [5.41, 5.74) is 5.68. The molecule has 0 heterocycles. The van der Waals surface area contributed by atoms with Crippen molar-refractivity contribution >= 4 is 5.57 Å². The molecule has 1 aromatic carbocycles. The van der Waals surface area contributed by atoms with Gasteiger partial charge in [0.05, 0.1) is 0 Å². The van der Waals surface area contributed by atoms with Gasteiger partial charge in [0.25, 0.3) is 0 Å². The predicted molar refractivity (Wildman–Crippen MR) is 134 cm³/mol. The number of nitrogens with one attached hydrogen (secondary N) is 1.